The molecule has 0 aliphatic carbocycles. The molecule has 0 aromatic carbocycles. The van der Waals surface area contributed by atoms with Crippen LogP contribution in [0.2, 0.25) is 0 Å². The lowest BCUT2D eigenvalue weighted by atomic mass is 9.89. The maximum Gasteiger partial charge on any atom is 0.333 e. The second-order valence-electron chi connectivity index (χ2n) is 10.00. The first-order valence-corrected chi connectivity index (χ1v) is 12.5. The number of rotatable bonds is 14. The van der Waals surface area contributed by atoms with Gasteiger partial charge in [0.2, 0.25) is 11.8 Å². The lowest BCUT2D eigenvalue weighted by molar-refractivity contribution is -0.140. The van der Waals surface area contributed by atoms with Crippen molar-refractivity contribution >= 4 is 17.8 Å². The minimum atomic E-state index is -0.722. The molecule has 7 heteroatoms. The van der Waals surface area contributed by atoms with Crippen molar-refractivity contribution in [2.75, 3.05) is 13.7 Å². The molecule has 0 rings (SSSR count). The number of amides is 2. The molecule has 0 aliphatic heterocycles. The highest BCUT2D eigenvalue weighted by Crippen LogP contribution is 2.20. The van der Waals surface area contributed by atoms with Crippen LogP contribution in [0.4, 0.5) is 0 Å². The molecule has 7 nitrogen and oxygen atoms in total. The van der Waals surface area contributed by atoms with Gasteiger partial charge in [0.05, 0.1) is 18.2 Å². The quantitative estimate of drug-likeness (QED) is 0.297. The van der Waals surface area contributed by atoms with Crippen LogP contribution in [0.5, 0.6) is 0 Å². The fraction of sp³-hybridized carbons (Fsp3) is 0.808. The van der Waals surface area contributed by atoms with Crippen molar-refractivity contribution in [1.82, 2.24) is 15.5 Å². The van der Waals surface area contributed by atoms with E-state index in [-0.39, 0.29) is 41.7 Å². The summed E-state index contributed by atoms with van der Waals surface area (Å²) < 4.78 is 5.10. The van der Waals surface area contributed by atoms with E-state index in [4.69, 9.17) is 4.74 Å². The number of likely N-dealkylation sites (N-methyl/N-ethyl adjacent to an activating group) is 1. The van der Waals surface area contributed by atoms with Crippen molar-refractivity contribution in [3.8, 4) is 0 Å². The second kappa shape index (κ2) is 14.4. The summed E-state index contributed by atoms with van der Waals surface area (Å²) in [7, 11) is 1.74. The van der Waals surface area contributed by atoms with Crippen LogP contribution in [0.25, 0.3) is 0 Å². The van der Waals surface area contributed by atoms with E-state index in [1.54, 1.807) is 31.9 Å². The number of hydrogen-bond acceptors (Lipinski definition) is 5. The monoisotopic (exact) mass is 467 g/mol. The SMILES string of the molecule is CCOC(=O)/C(C)=C/[C@H](C(C)C)N(C)C(=O)[C@H](CC(C)C)NC(=O)C(CC)(CC)NC(C)C. The molecule has 0 unspecified atom stereocenters. The van der Waals surface area contributed by atoms with E-state index < -0.39 is 11.6 Å². The summed E-state index contributed by atoms with van der Waals surface area (Å²) in [5.74, 6) is -0.391. The summed E-state index contributed by atoms with van der Waals surface area (Å²) in [6.45, 7) is 19.9. The van der Waals surface area contributed by atoms with Crippen LogP contribution in [-0.4, -0.2) is 60.0 Å². The van der Waals surface area contributed by atoms with Crippen molar-refractivity contribution in [2.45, 2.75) is 112 Å². The molecular formula is C26H49N3O4. The highest BCUT2D eigenvalue weighted by Gasteiger charge is 2.38. The number of esters is 1. The number of carbonyl (C=O) groups excluding carboxylic acids is 3. The van der Waals surface area contributed by atoms with Crippen LogP contribution >= 0.6 is 0 Å². The normalized spacial score (nSPS) is 14.4. The predicted molar refractivity (Wildman–Crippen MR) is 135 cm³/mol. The topological polar surface area (TPSA) is 87.7 Å². The Balaban J connectivity index is 5.94. The van der Waals surface area contributed by atoms with Crippen molar-refractivity contribution in [3.63, 3.8) is 0 Å². The summed E-state index contributed by atoms with van der Waals surface area (Å²) >= 11 is 0. The number of nitrogens with zero attached hydrogens (tertiary/aromatic N) is 1. The molecule has 2 atom stereocenters. The smallest absolute Gasteiger partial charge is 0.333 e. The molecule has 0 aromatic rings. The lowest BCUT2D eigenvalue weighted by Gasteiger charge is -2.37. The molecule has 0 radical (unpaired) electrons. The summed E-state index contributed by atoms with van der Waals surface area (Å²) in [6.07, 6.45) is 3.58. The first-order valence-electron chi connectivity index (χ1n) is 12.5. The van der Waals surface area contributed by atoms with Gasteiger partial charge in [-0.15, -0.1) is 0 Å². The first kappa shape index (κ1) is 31.1. The number of ether oxygens (including phenoxy) is 1. The molecule has 33 heavy (non-hydrogen) atoms. The standard InChI is InChI=1S/C26H49N3O4/c1-12-26(13-2,28-19(8)9)25(32)27-21(15-17(4)5)23(30)29(11)22(18(6)7)16-20(10)24(31)33-14-3/h16-19,21-22,28H,12-15H2,1-11H3,(H,27,32)/b20-16+/t21-,22+/m0/s1. The van der Waals surface area contributed by atoms with Crippen LogP contribution in [0.15, 0.2) is 11.6 Å². The second-order valence-corrected chi connectivity index (χ2v) is 10.00. The van der Waals surface area contributed by atoms with Crippen molar-refractivity contribution in [3.05, 3.63) is 11.6 Å². The molecule has 2 amide bonds. The minimum Gasteiger partial charge on any atom is -0.463 e. The Morgan fingerprint density at radius 3 is 1.94 bits per heavy atom. The third-order valence-corrected chi connectivity index (χ3v) is 6.01. The van der Waals surface area contributed by atoms with E-state index in [9.17, 15) is 14.4 Å². The number of hydrogen-bond donors (Lipinski definition) is 2. The van der Waals surface area contributed by atoms with Gasteiger partial charge >= 0.3 is 5.97 Å². The van der Waals surface area contributed by atoms with E-state index in [0.717, 1.165) is 0 Å². The fourth-order valence-corrected chi connectivity index (χ4v) is 4.10. The summed E-state index contributed by atoms with van der Waals surface area (Å²) in [5, 5.41) is 6.48. The van der Waals surface area contributed by atoms with Gasteiger partial charge in [-0.1, -0.05) is 47.6 Å². The van der Waals surface area contributed by atoms with Gasteiger partial charge in [0, 0.05) is 18.7 Å². The Morgan fingerprint density at radius 2 is 1.55 bits per heavy atom. The molecule has 0 aromatic heterocycles. The summed E-state index contributed by atoms with van der Waals surface area (Å²) in [6, 6.07) is -0.810. The van der Waals surface area contributed by atoms with Gasteiger partial charge < -0.3 is 20.3 Å². The lowest BCUT2D eigenvalue weighted by Crippen LogP contribution is -2.62. The zero-order valence-corrected chi connectivity index (χ0v) is 22.9. The van der Waals surface area contributed by atoms with Gasteiger partial charge in [0.1, 0.15) is 6.04 Å². The first-order chi connectivity index (χ1) is 15.3. The molecule has 0 spiro atoms. The highest BCUT2D eigenvalue weighted by molar-refractivity contribution is 5.92. The fourth-order valence-electron chi connectivity index (χ4n) is 4.10. The third-order valence-electron chi connectivity index (χ3n) is 6.01. The Bertz CT molecular complexity index is 666. The molecule has 0 saturated carbocycles. The Labute approximate surface area is 202 Å². The Hall–Kier alpha value is -1.89. The van der Waals surface area contributed by atoms with Gasteiger partial charge in [-0.25, -0.2) is 4.79 Å². The number of nitrogens with one attached hydrogen (secondary N) is 2. The molecule has 0 aliphatic rings. The van der Waals surface area contributed by atoms with E-state index >= 15 is 0 Å². The molecule has 0 heterocycles. The van der Waals surface area contributed by atoms with Gasteiger partial charge in [0.25, 0.3) is 0 Å². The largest absolute Gasteiger partial charge is 0.463 e. The van der Waals surface area contributed by atoms with Crippen molar-refractivity contribution < 1.29 is 19.1 Å². The average molecular weight is 468 g/mol. The van der Waals surface area contributed by atoms with Crippen molar-refractivity contribution in [1.29, 1.82) is 0 Å². The molecule has 2 N–H and O–H groups in total. The zero-order valence-electron chi connectivity index (χ0n) is 22.9. The molecule has 0 saturated heterocycles. The minimum absolute atomic E-state index is 0.0757. The Morgan fingerprint density at radius 1 is 1.00 bits per heavy atom. The van der Waals surface area contributed by atoms with Gasteiger partial charge in [-0.2, -0.15) is 0 Å². The van der Waals surface area contributed by atoms with Crippen LogP contribution in [0.3, 0.4) is 0 Å². The maximum absolute atomic E-state index is 13.6. The van der Waals surface area contributed by atoms with Crippen LogP contribution < -0.4 is 10.6 Å². The highest BCUT2D eigenvalue weighted by atomic mass is 16.5. The average Bonchev–Trinajstić information content (AvgIpc) is 2.73. The summed E-state index contributed by atoms with van der Waals surface area (Å²) in [5.41, 5.74) is -0.253. The zero-order chi connectivity index (χ0) is 25.9. The Kier molecular flexibility index (Phi) is 13.6. The van der Waals surface area contributed by atoms with Gasteiger partial charge in [-0.3, -0.25) is 9.59 Å². The molecule has 192 valence electrons. The van der Waals surface area contributed by atoms with E-state index in [0.29, 0.717) is 31.4 Å². The summed E-state index contributed by atoms with van der Waals surface area (Å²) in [4.78, 5) is 40.8. The van der Waals surface area contributed by atoms with Gasteiger partial charge in [0.15, 0.2) is 0 Å². The van der Waals surface area contributed by atoms with E-state index in [2.05, 4.69) is 10.6 Å². The van der Waals surface area contributed by atoms with Crippen molar-refractivity contribution in [2.24, 2.45) is 11.8 Å². The van der Waals surface area contributed by atoms with Crippen LogP contribution in [0.1, 0.15) is 88.5 Å². The van der Waals surface area contributed by atoms with E-state index in [1.165, 1.54) is 0 Å². The van der Waals surface area contributed by atoms with Crippen LogP contribution in [0, 0.1) is 11.8 Å². The molecular weight excluding hydrogens is 418 g/mol. The third kappa shape index (κ3) is 9.48. The molecule has 0 fully saturated rings. The predicted octanol–water partition coefficient (Wildman–Crippen LogP) is 4.07. The maximum atomic E-state index is 13.6. The number of carbonyl (C=O) groups is 3. The van der Waals surface area contributed by atoms with Crippen LogP contribution in [-0.2, 0) is 19.1 Å². The molecule has 0 bridgehead atoms. The van der Waals surface area contributed by atoms with E-state index in [1.807, 2.05) is 55.4 Å². The van der Waals surface area contributed by atoms with Gasteiger partial charge in [-0.05, 0) is 58.8 Å².